The van der Waals surface area contributed by atoms with Crippen LogP contribution in [-0.2, 0) is 4.79 Å². The van der Waals surface area contributed by atoms with E-state index in [9.17, 15) is 4.79 Å². The summed E-state index contributed by atoms with van der Waals surface area (Å²) >= 11 is 0. The number of nitrogens with zero attached hydrogens (tertiary/aromatic N) is 3. The molecule has 5 rings (SSSR count). The molecule has 0 unspecified atom stereocenters. The van der Waals surface area contributed by atoms with Crippen LogP contribution in [0, 0.1) is 19.8 Å². The summed E-state index contributed by atoms with van der Waals surface area (Å²) in [5, 5.41) is 3.96. The number of nitrogens with one attached hydrogen (secondary N) is 1. The number of carbonyl (C=O) groups is 1. The molecule has 2 aromatic heterocycles. The zero-order chi connectivity index (χ0) is 21.5. The van der Waals surface area contributed by atoms with Crippen molar-refractivity contribution in [2.45, 2.75) is 45.6 Å². The fraction of sp³-hybridized carbons (Fsp3) is 0.375. The number of rotatable bonds is 4. The highest BCUT2D eigenvalue weighted by Crippen LogP contribution is 2.41. The van der Waals surface area contributed by atoms with Crippen LogP contribution in [0.3, 0.4) is 0 Å². The Morgan fingerprint density at radius 2 is 2.03 bits per heavy atom. The number of benzene rings is 1. The standard InChI is InChI=1S/C24H27N5O2/c1-14-9-15(2)27-21(14)11-20-19-8-5-17(23-26-13-31-28-23)10-22(19)29(24(20)30)12-16-3-6-18(25)7-4-16/h5,8-11,13,16,18,27H,3-4,6-7,12,25H2,1-2H3/b20-11-. The van der Waals surface area contributed by atoms with Gasteiger partial charge in [0.15, 0.2) is 0 Å². The Bertz CT molecular complexity index is 1140. The summed E-state index contributed by atoms with van der Waals surface area (Å²) in [7, 11) is 0. The van der Waals surface area contributed by atoms with Crippen LogP contribution in [0.15, 0.2) is 35.2 Å². The van der Waals surface area contributed by atoms with Gasteiger partial charge in [-0.05, 0) is 69.2 Å². The zero-order valence-electron chi connectivity index (χ0n) is 17.9. The van der Waals surface area contributed by atoms with Gasteiger partial charge in [0.05, 0.1) is 11.3 Å². The minimum atomic E-state index is 0.0433. The van der Waals surface area contributed by atoms with Crippen molar-refractivity contribution in [3.05, 3.63) is 53.2 Å². The maximum Gasteiger partial charge on any atom is 0.259 e. The van der Waals surface area contributed by atoms with Crippen LogP contribution in [0.25, 0.3) is 23.0 Å². The minimum absolute atomic E-state index is 0.0433. The number of aromatic nitrogens is 3. The number of nitrogens with two attached hydrogens (primary N) is 1. The van der Waals surface area contributed by atoms with E-state index in [0.29, 0.717) is 23.9 Å². The molecule has 1 saturated carbocycles. The third kappa shape index (κ3) is 3.70. The zero-order valence-corrected chi connectivity index (χ0v) is 17.9. The maximum atomic E-state index is 13.6. The second-order valence-corrected chi connectivity index (χ2v) is 8.79. The average molecular weight is 418 g/mol. The van der Waals surface area contributed by atoms with E-state index in [1.54, 1.807) is 0 Å². The van der Waals surface area contributed by atoms with E-state index >= 15 is 0 Å². The summed E-state index contributed by atoms with van der Waals surface area (Å²) < 4.78 is 4.91. The van der Waals surface area contributed by atoms with Gasteiger partial charge in [-0.2, -0.15) is 4.98 Å². The van der Waals surface area contributed by atoms with Gasteiger partial charge in [0, 0.05) is 35.1 Å². The van der Waals surface area contributed by atoms with E-state index in [-0.39, 0.29) is 11.9 Å². The molecule has 7 nitrogen and oxygen atoms in total. The summed E-state index contributed by atoms with van der Waals surface area (Å²) in [6, 6.07) is 8.32. The van der Waals surface area contributed by atoms with Gasteiger partial charge in [0.1, 0.15) is 0 Å². The fourth-order valence-electron chi connectivity index (χ4n) is 4.78. The summed E-state index contributed by atoms with van der Waals surface area (Å²) in [4.78, 5) is 23.0. The summed E-state index contributed by atoms with van der Waals surface area (Å²) in [5.74, 6) is 1.02. The summed E-state index contributed by atoms with van der Waals surface area (Å²) in [6.45, 7) is 4.78. The van der Waals surface area contributed by atoms with Crippen molar-refractivity contribution in [1.29, 1.82) is 0 Å². The third-order valence-electron chi connectivity index (χ3n) is 6.48. The lowest BCUT2D eigenvalue weighted by Gasteiger charge is -2.30. The van der Waals surface area contributed by atoms with Gasteiger partial charge < -0.3 is 20.1 Å². The highest BCUT2D eigenvalue weighted by Gasteiger charge is 2.35. The number of hydrogen-bond donors (Lipinski definition) is 2. The highest BCUT2D eigenvalue weighted by atomic mass is 16.5. The first-order valence-electron chi connectivity index (χ1n) is 10.9. The Kier molecular flexibility index (Phi) is 4.98. The van der Waals surface area contributed by atoms with E-state index in [0.717, 1.165) is 59.4 Å². The molecule has 2 aliphatic rings. The number of aryl methyl sites for hydroxylation is 2. The van der Waals surface area contributed by atoms with Gasteiger partial charge in [-0.15, -0.1) is 0 Å². The number of aromatic amines is 1. The molecule has 7 heteroatoms. The molecule has 0 bridgehead atoms. The van der Waals surface area contributed by atoms with Crippen molar-refractivity contribution < 1.29 is 9.32 Å². The van der Waals surface area contributed by atoms with Gasteiger partial charge in [-0.1, -0.05) is 17.3 Å². The molecule has 31 heavy (non-hydrogen) atoms. The van der Waals surface area contributed by atoms with Crippen molar-refractivity contribution >= 4 is 23.2 Å². The highest BCUT2D eigenvalue weighted by molar-refractivity contribution is 6.36. The van der Waals surface area contributed by atoms with Crippen molar-refractivity contribution in [2.24, 2.45) is 11.7 Å². The lowest BCUT2D eigenvalue weighted by molar-refractivity contribution is -0.113. The Labute approximate surface area is 181 Å². The molecular weight excluding hydrogens is 390 g/mol. The number of H-pyrrole nitrogens is 1. The van der Waals surface area contributed by atoms with Gasteiger partial charge in [0.2, 0.25) is 12.2 Å². The molecule has 1 fully saturated rings. The van der Waals surface area contributed by atoms with E-state index in [4.69, 9.17) is 10.3 Å². The summed E-state index contributed by atoms with van der Waals surface area (Å²) in [6.07, 6.45) is 7.45. The fourth-order valence-corrected chi connectivity index (χ4v) is 4.78. The molecule has 0 radical (unpaired) electrons. The number of carbonyl (C=O) groups excluding carboxylic acids is 1. The van der Waals surface area contributed by atoms with Crippen LogP contribution in [-0.4, -0.2) is 33.6 Å². The first kappa shape index (κ1) is 19.8. The number of amides is 1. The molecule has 1 aliphatic carbocycles. The molecule has 1 aromatic carbocycles. The summed E-state index contributed by atoms with van der Waals surface area (Å²) in [5.41, 5.74) is 12.7. The van der Waals surface area contributed by atoms with Crippen molar-refractivity contribution in [3.63, 3.8) is 0 Å². The number of fused-ring (bicyclic) bond motifs is 1. The van der Waals surface area contributed by atoms with E-state index in [1.807, 2.05) is 36.1 Å². The molecule has 3 heterocycles. The van der Waals surface area contributed by atoms with Crippen LogP contribution in [0.4, 0.5) is 5.69 Å². The number of hydrogen-bond acceptors (Lipinski definition) is 5. The normalized spacial score (nSPS) is 22.4. The predicted octanol–water partition coefficient (Wildman–Crippen LogP) is 4.09. The molecule has 3 N–H and O–H groups in total. The predicted molar refractivity (Wildman–Crippen MR) is 120 cm³/mol. The second-order valence-electron chi connectivity index (χ2n) is 8.79. The van der Waals surface area contributed by atoms with Crippen LogP contribution in [0.1, 0.15) is 48.2 Å². The van der Waals surface area contributed by atoms with Crippen LogP contribution in [0.2, 0.25) is 0 Å². The molecule has 0 atom stereocenters. The average Bonchev–Trinajstić information content (AvgIpc) is 3.45. The lowest BCUT2D eigenvalue weighted by atomic mass is 9.86. The van der Waals surface area contributed by atoms with Crippen LogP contribution in [0.5, 0.6) is 0 Å². The van der Waals surface area contributed by atoms with Crippen LogP contribution < -0.4 is 10.6 Å². The Morgan fingerprint density at radius 3 is 2.71 bits per heavy atom. The van der Waals surface area contributed by atoms with E-state index in [1.165, 1.54) is 6.39 Å². The molecule has 160 valence electrons. The third-order valence-corrected chi connectivity index (χ3v) is 6.48. The molecule has 1 amide bonds. The lowest BCUT2D eigenvalue weighted by Crippen LogP contribution is -2.36. The van der Waals surface area contributed by atoms with Crippen LogP contribution >= 0.6 is 0 Å². The first-order valence-corrected chi connectivity index (χ1v) is 10.9. The maximum absolute atomic E-state index is 13.6. The SMILES string of the molecule is Cc1cc(C)c(/C=C2\C(=O)N(CC3CCC(N)CC3)c3cc(-c4ncon4)ccc32)[nH]1. The van der Waals surface area contributed by atoms with Crippen molar-refractivity contribution in [2.75, 3.05) is 11.4 Å². The minimum Gasteiger partial charge on any atom is -0.359 e. The topological polar surface area (TPSA) is 101 Å². The largest absolute Gasteiger partial charge is 0.359 e. The molecule has 3 aromatic rings. The second kappa shape index (κ2) is 7.81. The molecule has 0 spiro atoms. The van der Waals surface area contributed by atoms with E-state index < -0.39 is 0 Å². The van der Waals surface area contributed by atoms with Gasteiger partial charge in [-0.3, -0.25) is 4.79 Å². The van der Waals surface area contributed by atoms with E-state index in [2.05, 4.69) is 28.1 Å². The van der Waals surface area contributed by atoms with Crippen molar-refractivity contribution in [1.82, 2.24) is 15.1 Å². The molecule has 0 saturated heterocycles. The Morgan fingerprint density at radius 1 is 1.23 bits per heavy atom. The first-order chi connectivity index (χ1) is 15.0. The Balaban J connectivity index is 1.55. The number of anilines is 1. The molecular formula is C24H27N5O2. The monoisotopic (exact) mass is 417 g/mol. The Hall–Kier alpha value is -3.19. The van der Waals surface area contributed by atoms with Gasteiger partial charge >= 0.3 is 0 Å². The van der Waals surface area contributed by atoms with Crippen molar-refractivity contribution in [3.8, 4) is 11.4 Å². The quantitative estimate of drug-likeness (QED) is 0.623. The van der Waals surface area contributed by atoms with Gasteiger partial charge in [-0.25, -0.2) is 0 Å². The smallest absolute Gasteiger partial charge is 0.259 e. The van der Waals surface area contributed by atoms with Gasteiger partial charge in [0.25, 0.3) is 5.91 Å². The molecule has 1 aliphatic heterocycles.